The number of aromatic nitrogens is 2. The minimum atomic E-state index is -0.166. The van der Waals surface area contributed by atoms with Crippen LogP contribution in [0.15, 0.2) is 36.4 Å². The van der Waals surface area contributed by atoms with Crippen molar-refractivity contribution in [3.8, 4) is 11.4 Å². The normalized spacial score (nSPS) is 11.0. The van der Waals surface area contributed by atoms with Crippen LogP contribution in [0.2, 0.25) is 0 Å². The number of amides is 1. The molecule has 0 aliphatic heterocycles. The van der Waals surface area contributed by atoms with Gasteiger partial charge in [-0.25, -0.2) is 9.97 Å². The zero-order valence-electron chi connectivity index (χ0n) is 16.1. The van der Waals surface area contributed by atoms with E-state index < -0.39 is 0 Å². The molecule has 0 spiro atoms. The quantitative estimate of drug-likeness (QED) is 0.724. The van der Waals surface area contributed by atoms with Crippen LogP contribution < -0.4 is 10.6 Å². The zero-order chi connectivity index (χ0) is 18.9. The van der Waals surface area contributed by atoms with E-state index in [2.05, 4.69) is 39.3 Å². The van der Waals surface area contributed by atoms with Gasteiger partial charge in [-0.1, -0.05) is 44.2 Å². The van der Waals surface area contributed by atoms with E-state index in [1.807, 2.05) is 44.4 Å². The first-order valence-electron chi connectivity index (χ1n) is 9.07. The second kappa shape index (κ2) is 9.87. The summed E-state index contributed by atoms with van der Waals surface area (Å²) >= 11 is 0. The summed E-state index contributed by atoms with van der Waals surface area (Å²) < 4.78 is 0. The monoisotopic (exact) mass is 355 g/mol. The fraction of sp³-hybridized carbons (Fsp3) is 0.450. The Bertz CT molecular complexity index is 701. The Morgan fingerprint density at radius 3 is 2.50 bits per heavy atom. The lowest BCUT2D eigenvalue weighted by atomic mass is 10.1. The van der Waals surface area contributed by atoms with Crippen molar-refractivity contribution in [2.45, 2.75) is 20.3 Å². The number of rotatable bonds is 9. The molecular formula is C20H29N5O. The second-order valence-corrected chi connectivity index (χ2v) is 7.00. The van der Waals surface area contributed by atoms with Gasteiger partial charge in [-0.2, -0.15) is 0 Å². The van der Waals surface area contributed by atoms with Gasteiger partial charge in [-0.15, -0.1) is 0 Å². The van der Waals surface area contributed by atoms with Gasteiger partial charge < -0.3 is 15.5 Å². The Morgan fingerprint density at radius 1 is 1.12 bits per heavy atom. The maximum Gasteiger partial charge on any atom is 0.270 e. The molecule has 2 rings (SSSR count). The fourth-order valence-corrected chi connectivity index (χ4v) is 2.34. The van der Waals surface area contributed by atoms with Crippen molar-refractivity contribution in [3.05, 3.63) is 42.1 Å². The van der Waals surface area contributed by atoms with Crippen molar-refractivity contribution in [2.24, 2.45) is 5.92 Å². The van der Waals surface area contributed by atoms with E-state index in [9.17, 15) is 4.79 Å². The summed E-state index contributed by atoms with van der Waals surface area (Å²) in [7, 11) is 4.04. The van der Waals surface area contributed by atoms with Crippen molar-refractivity contribution in [1.82, 2.24) is 20.2 Å². The van der Waals surface area contributed by atoms with Gasteiger partial charge in [0, 0.05) is 31.3 Å². The van der Waals surface area contributed by atoms with Crippen molar-refractivity contribution in [1.29, 1.82) is 0 Å². The minimum absolute atomic E-state index is 0.166. The van der Waals surface area contributed by atoms with E-state index in [-0.39, 0.29) is 5.91 Å². The van der Waals surface area contributed by atoms with Crippen molar-refractivity contribution in [3.63, 3.8) is 0 Å². The van der Waals surface area contributed by atoms with Crippen LogP contribution >= 0.6 is 0 Å². The molecule has 0 aliphatic carbocycles. The minimum Gasteiger partial charge on any atom is -0.369 e. The average Bonchev–Trinajstić information content (AvgIpc) is 2.61. The molecular weight excluding hydrogens is 326 g/mol. The lowest BCUT2D eigenvalue weighted by Gasteiger charge is -2.13. The van der Waals surface area contributed by atoms with Gasteiger partial charge in [0.05, 0.1) is 0 Å². The highest BCUT2D eigenvalue weighted by Crippen LogP contribution is 2.18. The van der Waals surface area contributed by atoms with Crippen molar-refractivity contribution in [2.75, 3.05) is 39.0 Å². The zero-order valence-corrected chi connectivity index (χ0v) is 16.1. The standard InChI is InChI=1S/C20H29N5O/c1-15(2)10-11-22-20(26)17-14-18(21-12-13-25(3)4)24-19(23-17)16-8-6-5-7-9-16/h5-9,14-15H,10-13H2,1-4H3,(H,22,26)(H,21,23,24). The highest BCUT2D eigenvalue weighted by molar-refractivity contribution is 5.93. The maximum absolute atomic E-state index is 12.5. The number of anilines is 1. The summed E-state index contributed by atoms with van der Waals surface area (Å²) in [4.78, 5) is 23.6. The fourth-order valence-electron chi connectivity index (χ4n) is 2.34. The molecule has 26 heavy (non-hydrogen) atoms. The van der Waals surface area contributed by atoms with E-state index in [0.717, 1.165) is 25.1 Å². The molecule has 1 heterocycles. The van der Waals surface area contributed by atoms with Crippen LogP contribution in [0.1, 0.15) is 30.8 Å². The number of benzene rings is 1. The molecule has 0 fully saturated rings. The predicted molar refractivity (Wildman–Crippen MR) is 106 cm³/mol. The molecule has 0 unspecified atom stereocenters. The molecule has 2 N–H and O–H groups in total. The molecule has 1 aromatic carbocycles. The molecule has 1 amide bonds. The molecule has 0 atom stereocenters. The Morgan fingerprint density at radius 2 is 1.85 bits per heavy atom. The Kier molecular flexibility index (Phi) is 7.53. The molecule has 6 nitrogen and oxygen atoms in total. The Hall–Kier alpha value is -2.47. The predicted octanol–water partition coefficient (Wildman–Crippen LogP) is 2.89. The van der Waals surface area contributed by atoms with Gasteiger partial charge >= 0.3 is 0 Å². The highest BCUT2D eigenvalue weighted by atomic mass is 16.1. The first-order chi connectivity index (χ1) is 12.5. The number of hydrogen-bond acceptors (Lipinski definition) is 5. The number of carbonyl (C=O) groups is 1. The number of nitrogens with zero attached hydrogens (tertiary/aromatic N) is 3. The molecule has 1 aromatic heterocycles. The molecule has 0 radical (unpaired) electrons. The van der Waals surface area contributed by atoms with Crippen LogP contribution in [0.4, 0.5) is 5.82 Å². The highest BCUT2D eigenvalue weighted by Gasteiger charge is 2.13. The van der Waals surface area contributed by atoms with E-state index >= 15 is 0 Å². The SMILES string of the molecule is CC(C)CCNC(=O)c1cc(NCCN(C)C)nc(-c2ccccc2)n1. The smallest absolute Gasteiger partial charge is 0.270 e. The average molecular weight is 355 g/mol. The van der Waals surface area contributed by atoms with Crippen LogP contribution in [0.3, 0.4) is 0 Å². The summed E-state index contributed by atoms with van der Waals surface area (Å²) in [6.07, 6.45) is 0.941. The molecule has 0 saturated heterocycles. The van der Waals surface area contributed by atoms with Gasteiger partial charge in [-0.3, -0.25) is 4.79 Å². The number of hydrogen-bond donors (Lipinski definition) is 2. The van der Waals surface area contributed by atoms with Crippen LogP contribution in [0, 0.1) is 5.92 Å². The molecule has 0 saturated carbocycles. The second-order valence-electron chi connectivity index (χ2n) is 7.00. The Labute approximate surface area is 156 Å². The van der Waals surface area contributed by atoms with Crippen LogP contribution in [0.25, 0.3) is 11.4 Å². The van der Waals surface area contributed by atoms with Gasteiger partial charge in [0.15, 0.2) is 5.82 Å². The first-order valence-corrected chi connectivity index (χ1v) is 9.07. The summed E-state index contributed by atoms with van der Waals surface area (Å²) in [5.74, 6) is 1.59. The molecule has 0 aliphatic rings. The largest absolute Gasteiger partial charge is 0.369 e. The van der Waals surface area contributed by atoms with Gasteiger partial charge in [-0.05, 0) is 26.4 Å². The van der Waals surface area contributed by atoms with E-state index in [1.54, 1.807) is 6.07 Å². The molecule has 6 heteroatoms. The van der Waals surface area contributed by atoms with Crippen LogP contribution in [-0.2, 0) is 0 Å². The number of likely N-dealkylation sites (N-methyl/N-ethyl adjacent to an activating group) is 1. The first kappa shape index (κ1) is 19.8. The summed E-state index contributed by atoms with van der Waals surface area (Å²) in [5.41, 5.74) is 1.27. The lowest BCUT2D eigenvalue weighted by Crippen LogP contribution is -2.27. The van der Waals surface area contributed by atoms with E-state index in [1.165, 1.54) is 0 Å². The van der Waals surface area contributed by atoms with Crippen molar-refractivity contribution < 1.29 is 4.79 Å². The number of nitrogens with one attached hydrogen (secondary N) is 2. The van der Waals surface area contributed by atoms with Crippen LogP contribution in [0.5, 0.6) is 0 Å². The maximum atomic E-state index is 12.5. The van der Waals surface area contributed by atoms with Gasteiger partial charge in [0.1, 0.15) is 11.5 Å². The molecule has 140 valence electrons. The van der Waals surface area contributed by atoms with Crippen LogP contribution in [-0.4, -0.2) is 54.5 Å². The number of carbonyl (C=O) groups excluding carboxylic acids is 1. The lowest BCUT2D eigenvalue weighted by molar-refractivity contribution is 0.0947. The topological polar surface area (TPSA) is 70.2 Å². The van der Waals surface area contributed by atoms with E-state index in [4.69, 9.17) is 0 Å². The summed E-state index contributed by atoms with van der Waals surface area (Å²) in [6.45, 7) is 6.53. The van der Waals surface area contributed by atoms with Gasteiger partial charge in [0.25, 0.3) is 5.91 Å². The van der Waals surface area contributed by atoms with Gasteiger partial charge in [0.2, 0.25) is 0 Å². The third-order valence-corrected chi connectivity index (χ3v) is 3.86. The van der Waals surface area contributed by atoms with E-state index in [0.29, 0.717) is 29.8 Å². The third-order valence-electron chi connectivity index (χ3n) is 3.86. The summed E-state index contributed by atoms with van der Waals surface area (Å²) in [5, 5.41) is 6.23. The Balaban J connectivity index is 2.20. The van der Waals surface area contributed by atoms with Crippen molar-refractivity contribution >= 4 is 11.7 Å². The summed E-state index contributed by atoms with van der Waals surface area (Å²) in [6, 6.07) is 11.4. The molecule has 2 aromatic rings. The third kappa shape index (κ3) is 6.44. The molecule has 0 bridgehead atoms.